The zero-order valence-corrected chi connectivity index (χ0v) is 18.4. The molecule has 0 aromatic heterocycles. The molecular formula is C18H29IN4OS. The first kappa shape index (κ1) is 22.1. The van der Waals surface area contributed by atoms with Crippen LogP contribution in [-0.4, -0.2) is 53.9 Å². The smallest absolute Gasteiger partial charge is 0.222 e. The first-order valence-corrected chi connectivity index (χ1v) is 9.39. The van der Waals surface area contributed by atoms with Gasteiger partial charge in [0.15, 0.2) is 5.96 Å². The van der Waals surface area contributed by atoms with Gasteiger partial charge in [-0.3, -0.25) is 9.79 Å². The third kappa shape index (κ3) is 7.85. The van der Waals surface area contributed by atoms with E-state index in [1.165, 1.54) is 0 Å². The van der Waals surface area contributed by atoms with Crippen LogP contribution in [0.2, 0.25) is 0 Å². The molecule has 1 aromatic rings. The summed E-state index contributed by atoms with van der Waals surface area (Å²) in [6, 6.07) is 9.95. The molecule has 0 atom stereocenters. The molecule has 7 heteroatoms. The number of benzene rings is 1. The molecule has 2 N–H and O–H groups in total. The van der Waals surface area contributed by atoms with Gasteiger partial charge < -0.3 is 15.5 Å². The molecule has 0 unspecified atom stereocenters. The van der Waals surface area contributed by atoms with Gasteiger partial charge in [0, 0.05) is 50.1 Å². The van der Waals surface area contributed by atoms with Crippen LogP contribution in [0.15, 0.2) is 35.3 Å². The van der Waals surface area contributed by atoms with Crippen LogP contribution in [0.5, 0.6) is 0 Å². The normalized spacial score (nSPS) is 16.8. The Balaban J connectivity index is 0.00000312. The maximum Gasteiger partial charge on any atom is 0.222 e. The molecule has 140 valence electrons. The standard InChI is InChI=1S/C18H28N4OS.HI/c1-18(2)14-22(11-12-24-18)17(19-3)20-10-9-16(23)21-13-15-7-5-4-6-8-15;/h4-8H,9-14H2,1-3H3,(H,19,20)(H,21,23);1H. The molecule has 0 radical (unpaired) electrons. The van der Waals surface area contributed by atoms with Gasteiger partial charge in [0.05, 0.1) is 0 Å². The number of thioether (sulfide) groups is 1. The third-order valence-corrected chi connectivity index (χ3v) is 5.20. The van der Waals surface area contributed by atoms with Crippen LogP contribution in [-0.2, 0) is 11.3 Å². The summed E-state index contributed by atoms with van der Waals surface area (Å²) in [6.07, 6.45) is 0.442. The van der Waals surface area contributed by atoms with Crippen LogP contribution in [0.4, 0.5) is 0 Å². The first-order valence-electron chi connectivity index (χ1n) is 8.40. The number of halogens is 1. The minimum atomic E-state index is 0. The first-order chi connectivity index (χ1) is 11.5. The van der Waals surface area contributed by atoms with Crippen molar-refractivity contribution >= 4 is 47.6 Å². The molecular weight excluding hydrogens is 447 g/mol. The number of nitrogens with zero attached hydrogens (tertiary/aromatic N) is 2. The molecule has 5 nitrogen and oxygen atoms in total. The highest BCUT2D eigenvalue weighted by Gasteiger charge is 2.28. The minimum Gasteiger partial charge on any atom is -0.356 e. The number of nitrogens with one attached hydrogen (secondary N) is 2. The number of hydrogen-bond donors (Lipinski definition) is 2. The van der Waals surface area contributed by atoms with Crippen LogP contribution >= 0.6 is 35.7 Å². The van der Waals surface area contributed by atoms with Crippen molar-refractivity contribution in [1.29, 1.82) is 0 Å². The molecule has 0 aliphatic carbocycles. The molecule has 0 saturated carbocycles. The number of carbonyl (C=O) groups is 1. The van der Waals surface area contributed by atoms with Gasteiger partial charge in [0.2, 0.25) is 5.91 Å². The number of carbonyl (C=O) groups excluding carboxylic acids is 1. The molecule has 1 heterocycles. The van der Waals surface area contributed by atoms with E-state index < -0.39 is 0 Å². The lowest BCUT2D eigenvalue weighted by Gasteiger charge is -2.39. The summed E-state index contributed by atoms with van der Waals surface area (Å²) in [5.74, 6) is 2.04. The van der Waals surface area contributed by atoms with Gasteiger partial charge in [-0.25, -0.2) is 0 Å². The summed E-state index contributed by atoms with van der Waals surface area (Å²) in [5.41, 5.74) is 1.11. The zero-order valence-electron chi connectivity index (χ0n) is 15.2. The number of hydrogen-bond acceptors (Lipinski definition) is 3. The van der Waals surface area contributed by atoms with Crippen molar-refractivity contribution < 1.29 is 4.79 Å². The molecule has 2 rings (SSSR count). The van der Waals surface area contributed by atoms with Crippen molar-refractivity contribution in [2.75, 3.05) is 32.4 Å². The second-order valence-corrected chi connectivity index (χ2v) is 8.32. The Morgan fingerprint density at radius 2 is 2.00 bits per heavy atom. The Kier molecular flexibility index (Phi) is 9.63. The fraction of sp³-hybridized carbons (Fsp3) is 0.556. The van der Waals surface area contributed by atoms with E-state index in [4.69, 9.17) is 0 Å². The van der Waals surface area contributed by atoms with Crippen LogP contribution in [0.3, 0.4) is 0 Å². The van der Waals surface area contributed by atoms with Crippen molar-refractivity contribution in [1.82, 2.24) is 15.5 Å². The minimum absolute atomic E-state index is 0. The van der Waals surface area contributed by atoms with E-state index in [1.54, 1.807) is 7.05 Å². The molecule has 0 bridgehead atoms. The van der Waals surface area contributed by atoms with Gasteiger partial charge >= 0.3 is 0 Å². The van der Waals surface area contributed by atoms with E-state index in [1.807, 2.05) is 42.1 Å². The Labute approximate surface area is 172 Å². The Bertz CT molecular complexity index is 565. The maximum absolute atomic E-state index is 12.0. The van der Waals surface area contributed by atoms with Crippen molar-refractivity contribution in [3.63, 3.8) is 0 Å². The molecule has 1 amide bonds. The van der Waals surface area contributed by atoms with Crippen LogP contribution in [0, 0.1) is 0 Å². The fourth-order valence-corrected chi connectivity index (χ4v) is 3.81. The lowest BCUT2D eigenvalue weighted by atomic mass is 10.2. The lowest BCUT2D eigenvalue weighted by molar-refractivity contribution is -0.121. The Hall–Kier alpha value is -0.960. The molecule has 1 aromatic carbocycles. The zero-order chi connectivity index (χ0) is 17.4. The highest BCUT2D eigenvalue weighted by atomic mass is 127. The highest BCUT2D eigenvalue weighted by molar-refractivity contribution is 14.0. The number of rotatable bonds is 5. The van der Waals surface area contributed by atoms with E-state index in [9.17, 15) is 4.79 Å². The number of guanidine groups is 1. The summed E-state index contributed by atoms with van der Waals surface area (Å²) in [4.78, 5) is 18.6. The quantitative estimate of drug-likeness (QED) is 0.390. The van der Waals surface area contributed by atoms with Crippen molar-refractivity contribution in [2.45, 2.75) is 31.6 Å². The summed E-state index contributed by atoms with van der Waals surface area (Å²) in [6.45, 7) is 7.65. The van der Waals surface area contributed by atoms with Crippen molar-refractivity contribution in [2.24, 2.45) is 4.99 Å². The van der Waals surface area contributed by atoms with Crippen molar-refractivity contribution in [3.8, 4) is 0 Å². The summed E-state index contributed by atoms with van der Waals surface area (Å²) >= 11 is 2.00. The topological polar surface area (TPSA) is 56.7 Å². The third-order valence-electron chi connectivity index (χ3n) is 3.90. The predicted octanol–water partition coefficient (Wildman–Crippen LogP) is 2.71. The molecule has 1 fully saturated rings. The number of aliphatic imine (C=N–C) groups is 1. The molecule has 1 aliphatic rings. The Morgan fingerprint density at radius 1 is 1.28 bits per heavy atom. The molecule has 25 heavy (non-hydrogen) atoms. The molecule has 0 spiro atoms. The van der Waals surface area contributed by atoms with E-state index in [2.05, 4.69) is 34.4 Å². The average Bonchev–Trinajstić information content (AvgIpc) is 2.57. The summed E-state index contributed by atoms with van der Waals surface area (Å²) < 4.78 is 0.239. The van der Waals surface area contributed by atoms with Crippen LogP contribution < -0.4 is 10.6 Å². The van der Waals surface area contributed by atoms with Gasteiger partial charge in [-0.15, -0.1) is 24.0 Å². The highest BCUT2D eigenvalue weighted by Crippen LogP contribution is 2.29. The van der Waals surface area contributed by atoms with Gasteiger partial charge in [-0.1, -0.05) is 30.3 Å². The maximum atomic E-state index is 12.0. The predicted molar refractivity (Wildman–Crippen MR) is 118 cm³/mol. The monoisotopic (exact) mass is 476 g/mol. The van der Waals surface area contributed by atoms with Gasteiger partial charge in [0.1, 0.15) is 0 Å². The molecule has 1 aliphatic heterocycles. The largest absolute Gasteiger partial charge is 0.356 e. The SMILES string of the molecule is CN=C(NCCC(=O)NCc1ccccc1)N1CCSC(C)(C)C1.I. The van der Waals surface area contributed by atoms with Gasteiger partial charge in [-0.2, -0.15) is 11.8 Å². The van der Waals surface area contributed by atoms with Gasteiger partial charge in [0.25, 0.3) is 0 Å². The van der Waals surface area contributed by atoms with E-state index in [0.29, 0.717) is 19.5 Å². The van der Waals surface area contributed by atoms with Gasteiger partial charge in [-0.05, 0) is 19.4 Å². The van der Waals surface area contributed by atoms with E-state index >= 15 is 0 Å². The second kappa shape index (κ2) is 10.9. The lowest BCUT2D eigenvalue weighted by Crippen LogP contribution is -2.51. The summed E-state index contributed by atoms with van der Waals surface area (Å²) in [7, 11) is 1.80. The molecule has 1 saturated heterocycles. The average molecular weight is 476 g/mol. The van der Waals surface area contributed by atoms with Crippen molar-refractivity contribution in [3.05, 3.63) is 35.9 Å². The second-order valence-electron chi connectivity index (χ2n) is 6.52. The Morgan fingerprint density at radius 3 is 2.64 bits per heavy atom. The van der Waals surface area contributed by atoms with E-state index in [0.717, 1.165) is 30.4 Å². The van der Waals surface area contributed by atoms with E-state index in [-0.39, 0.29) is 34.6 Å². The number of amides is 1. The van der Waals surface area contributed by atoms with Crippen LogP contribution in [0.25, 0.3) is 0 Å². The van der Waals surface area contributed by atoms with Crippen LogP contribution in [0.1, 0.15) is 25.8 Å². The summed E-state index contributed by atoms with van der Waals surface area (Å²) in [5, 5.41) is 6.26. The fourth-order valence-electron chi connectivity index (χ4n) is 2.70.